The molecule has 0 unspecified atom stereocenters. The van der Waals surface area contributed by atoms with Gasteiger partial charge in [-0.05, 0) is 31.9 Å². The maximum absolute atomic E-state index is 12.2. The summed E-state index contributed by atoms with van der Waals surface area (Å²) in [7, 11) is -2.10. The number of benzene rings is 1. The van der Waals surface area contributed by atoms with Crippen molar-refractivity contribution in [2.24, 2.45) is 0 Å². The zero-order valence-corrected chi connectivity index (χ0v) is 16.7. The minimum atomic E-state index is -3.73. The zero-order valence-electron chi connectivity index (χ0n) is 15.9. The van der Waals surface area contributed by atoms with Gasteiger partial charge in [-0.2, -0.15) is 8.42 Å². The van der Waals surface area contributed by atoms with E-state index in [0.29, 0.717) is 58.2 Å². The highest BCUT2D eigenvalue weighted by Crippen LogP contribution is 2.20. The lowest BCUT2D eigenvalue weighted by Gasteiger charge is -2.11. The molecular formula is C18H30O7S. The van der Waals surface area contributed by atoms with Crippen LogP contribution in [0.15, 0.2) is 23.1 Å². The number of methoxy groups -OCH3 is 1. The fourth-order valence-corrected chi connectivity index (χ4v) is 3.39. The van der Waals surface area contributed by atoms with E-state index in [2.05, 4.69) is 0 Å². The monoisotopic (exact) mass is 390 g/mol. The smallest absolute Gasteiger partial charge is 0.297 e. The van der Waals surface area contributed by atoms with Crippen molar-refractivity contribution in [3.05, 3.63) is 29.3 Å². The Hall–Kier alpha value is -1.03. The molecular weight excluding hydrogens is 360 g/mol. The number of ether oxygens (including phenoxy) is 4. The first-order valence-corrected chi connectivity index (χ1v) is 10.1. The molecule has 0 aliphatic heterocycles. The molecule has 1 aromatic carbocycles. The van der Waals surface area contributed by atoms with E-state index in [0.717, 1.165) is 5.56 Å². The van der Waals surface area contributed by atoms with E-state index in [1.54, 1.807) is 26.2 Å². The van der Waals surface area contributed by atoms with E-state index in [9.17, 15) is 8.42 Å². The Kier molecular flexibility index (Phi) is 11.7. The number of aryl methyl sites for hydroxylation is 1. The summed E-state index contributed by atoms with van der Waals surface area (Å²) in [5.41, 5.74) is 1.69. The Morgan fingerprint density at radius 1 is 0.885 bits per heavy atom. The molecule has 0 saturated carbocycles. The van der Waals surface area contributed by atoms with E-state index in [1.165, 1.54) is 0 Å². The fourth-order valence-electron chi connectivity index (χ4n) is 2.23. The van der Waals surface area contributed by atoms with Gasteiger partial charge in [0.2, 0.25) is 0 Å². The maximum atomic E-state index is 12.2. The van der Waals surface area contributed by atoms with Crippen LogP contribution < -0.4 is 0 Å². The van der Waals surface area contributed by atoms with Crippen molar-refractivity contribution in [3.8, 4) is 0 Å². The topological polar surface area (TPSA) is 80.3 Å². The van der Waals surface area contributed by atoms with E-state index in [1.807, 2.05) is 13.0 Å². The summed E-state index contributed by atoms with van der Waals surface area (Å²) in [5.74, 6) is 0. The normalized spacial score (nSPS) is 11.8. The van der Waals surface area contributed by atoms with Crippen molar-refractivity contribution < 1.29 is 31.5 Å². The molecule has 0 spiro atoms. The molecule has 1 rings (SSSR count). The summed E-state index contributed by atoms with van der Waals surface area (Å²) in [6, 6.07) is 5.20. The predicted molar refractivity (Wildman–Crippen MR) is 98.0 cm³/mol. The molecule has 1 aromatic rings. The van der Waals surface area contributed by atoms with Gasteiger partial charge in [0, 0.05) is 7.11 Å². The van der Waals surface area contributed by atoms with Gasteiger partial charge in [-0.3, -0.25) is 4.18 Å². The second kappa shape index (κ2) is 13.2. The average Bonchev–Trinajstić information content (AvgIpc) is 2.59. The van der Waals surface area contributed by atoms with Crippen LogP contribution in [0, 0.1) is 6.92 Å². The maximum Gasteiger partial charge on any atom is 0.297 e. The summed E-state index contributed by atoms with van der Waals surface area (Å²) in [5, 5.41) is 0. The van der Waals surface area contributed by atoms with Crippen molar-refractivity contribution in [3.63, 3.8) is 0 Å². The molecule has 0 fully saturated rings. The number of hydrogen-bond acceptors (Lipinski definition) is 7. The molecule has 0 aliphatic rings. The summed E-state index contributed by atoms with van der Waals surface area (Å²) >= 11 is 0. The van der Waals surface area contributed by atoms with Gasteiger partial charge in [-0.15, -0.1) is 0 Å². The third-order valence-corrected chi connectivity index (χ3v) is 4.93. The van der Waals surface area contributed by atoms with Crippen molar-refractivity contribution in [2.45, 2.75) is 25.2 Å². The van der Waals surface area contributed by atoms with Crippen molar-refractivity contribution in [2.75, 3.05) is 60.0 Å². The van der Waals surface area contributed by atoms with Crippen LogP contribution in [0.3, 0.4) is 0 Å². The molecule has 26 heavy (non-hydrogen) atoms. The summed E-state index contributed by atoms with van der Waals surface area (Å²) < 4.78 is 50.3. The van der Waals surface area contributed by atoms with Crippen LogP contribution in [0.25, 0.3) is 0 Å². The van der Waals surface area contributed by atoms with E-state index < -0.39 is 10.1 Å². The van der Waals surface area contributed by atoms with Crippen LogP contribution in [0.5, 0.6) is 0 Å². The lowest BCUT2D eigenvalue weighted by atomic mass is 10.1. The van der Waals surface area contributed by atoms with Crippen molar-refractivity contribution >= 4 is 10.1 Å². The lowest BCUT2D eigenvalue weighted by Crippen LogP contribution is -2.13. The Morgan fingerprint density at radius 2 is 1.46 bits per heavy atom. The molecule has 0 amide bonds. The minimum absolute atomic E-state index is 0.110. The van der Waals surface area contributed by atoms with Crippen LogP contribution in [0.1, 0.15) is 18.1 Å². The van der Waals surface area contributed by atoms with Gasteiger partial charge < -0.3 is 18.9 Å². The second-order valence-electron chi connectivity index (χ2n) is 5.55. The fraction of sp³-hybridized carbons (Fsp3) is 0.667. The zero-order chi connectivity index (χ0) is 19.3. The predicted octanol–water partition coefficient (Wildman–Crippen LogP) is 1.96. The Bertz CT molecular complexity index is 602. The van der Waals surface area contributed by atoms with Gasteiger partial charge in [0.1, 0.15) is 0 Å². The van der Waals surface area contributed by atoms with Gasteiger partial charge in [0.15, 0.2) is 0 Å². The lowest BCUT2D eigenvalue weighted by molar-refractivity contribution is 0.00402. The molecule has 0 N–H and O–H groups in total. The van der Waals surface area contributed by atoms with Gasteiger partial charge in [0.05, 0.1) is 57.8 Å². The number of hydrogen-bond donors (Lipinski definition) is 0. The highest BCUT2D eigenvalue weighted by Gasteiger charge is 2.18. The number of rotatable bonds is 15. The van der Waals surface area contributed by atoms with Gasteiger partial charge in [-0.1, -0.05) is 17.7 Å². The molecule has 0 aliphatic carbocycles. The van der Waals surface area contributed by atoms with Crippen LogP contribution in [-0.2, 0) is 39.7 Å². The quantitative estimate of drug-likeness (QED) is 0.334. The first-order chi connectivity index (χ1) is 12.5. The summed E-state index contributed by atoms with van der Waals surface area (Å²) in [6.45, 7) is 7.14. The van der Waals surface area contributed by atoms with E-state index >= 15 is 0 Å². The largest absolute Gasteiger partial charge is 0.382 e. The Balaban J connectivity index is 2.30. The molecule has 0 heterocycles. The molecule has 0 atom stereocenters. The second-order valence-corrected chi connectivity index (χ2v) is 7.14. The average molecular weight is 390 g/mol. The van der Waals surface area contributed by atoms with E-state index in [4.69, 9.17) is 23.1 Å². The molecule has 8 heteroatoms. The third kappa shape index (κ3) is 9.07. The SMILES string of the molecule is CCOS(=O)(=O)c1ccc(C)cc1CCOCCOCCOCCOC. The van der Waals surface area contributed by atoms with Crippen LogP contribution in [0.2, 0.25) is 0 Å². The van der Waals surface area contributed by atoms with Gasteiger partial charge in [0.25, 0.3) is 10.1 Å². The highest BCUT2D eigenvalue weighted by molar-refractivity contribution is 7.86. The molecule has 150 valence electrons. The molecule has 0 aromatic heterocycles. The molecule has 0 bridgehead atoms. The van der Waals surface area contributed by atoms with E-state index in [-0.39, 0.29) is 11.5 Å². The molecule has 7 nitrogen and oxygen atoms in total. The van der Waals surface area contributed by atoms with Crippen molar-refractivity contribution in [1.82, 2.24) is 0 Å². The molecule has 0 saturated heterocycles. The Morgan fingerprint density at radius 3 is 2.04 bits per heavy atom. The summed E-state index contributed by atoms with van der Waals surface area (Å²) in [6.07, 6.45) is 0.490. The van der Waals surface area contributed by atoms with Crippen LogP contribution >= 0.6 is 0 Å². The first-order valence-electron chi connectivity index (χ1n) is 8.72. The molecule has 0 radical (unpaired) electrons. The Labute approximate surface area is 156 Å². The third-order valence-electron chi connectivity index (χ3n) is 3.45. The summed E-state index contributed by atoms with van der Waals surface area (Å²) in [4.78, 5) is 0.206. The minimum Gasteiger partial charge on any atom is -0.382 e. The van der Waals surface area contributed by atoms with Crippen molar-refractivity contribution in [1.29, 1.82) is 0 Å². The van der Waals surface area contributed by atoms with Crippen LogP contribution in [-0.4, -0.2) is 68.4 Å². The van der Waals surface area contributed by atoms with Gasteiger partial charge >= 0.3 is 0 Å². The standard InChI is InChI=1S/C18H30O7S/c1-4-25-26(19,20)18-6-5-16(2)15-17(18)7-8-22-11-12-24-14-13-23-10-9-21-3/h5-6,15H,4,7-14H2,1-3H3. The first kappa shape index (κ1) is 23.0. The van der Waals surface area contributed by atoms with Gasteiger partial charge in [-0.25, -0.2) is 0 Å². The highest BCUT2D eigenvalue weighted by atomic mass is 32.2. The van der Waals surface area contributed by atoms with Crippen LogP contribution in [0.4, 0.5) is 0 Å².